The van der Waals surface area contributed by atoms with Crippen LogP contribution in [0.25, 0.3) is 0 Å². The molecule has 30 heavy (non-hydrogen) atoms. The topological polar surface area (TPSA) is 184 Å². The molecule has 13 heteroatoms. The Morgan fingerprint density at radius 3 is 1.93 bits per heavy atom. The number of aromatic nitrogens is 2. The van der Waals surface area contributed by atoms with Crippen LogP contribution in [0.15, 0.2) is 9.98 Å². The van der Waals surface area contributed by atoms with Gasteiger partial charge in [-0.3, -0.25) is 20.1 Å². The number of guanidine groups is 1. The Labute approximate surface area is 194 Å². The summed E-state index contributed by atoms with van der Waals surface area (Å²) in [5, 5.41) is 2.31. The van der Waals surface area contributed by atoms with Gasteiger partial charge in [0.05, 0.1) is 5.84 Å². The number of nitrogens with zero attached hydrogens (tertiary/aromatic N) is 4. The standard InChI is InChI=1S/C17H30ClN9O.2ClH/c1-11(19)23-9-7-5-3-2-4-6-8-10-24-17(22)27-16(28)12-14(20)26-15(21)13(18)25-12;;/h2-10H2,1H3,(H2,19,23)(H4,20,21,26)(H3,22,24,27,28);2*1H. The highest BCUT2D eigenvalue weighted by Crippen LogP contribution is 2.17. The summed E-state index contributed by atoms with van der Waals surface area (Å²) in [6.07, 6.45) is 7.68. The van der Waals surface area contributed by atoms with E-state index >= 15 is 0 Å². The number of nitrogens with one attached hydrogen (secondary N) is 1. The molecule has 0 atom stereocenters. The van der Waals surface area contributed by atoms with Crippen LogP contribution in [0, 0.1) is 0 Å². The summed E-state index contributed by atoms with van der Waals surface area (Å²) in [5.74, 6) is -0.171. The van der Waals surface area contributed by atoms with Gasteiger partial charge in [-0.15, -0.1) is 24.8 Å². The molecule has 0 bridgehead atoms. The number of anilines is 2. The van der Waals surface area contributed by atoms with Crippen LogP contribution in [-0.4, -0.2) is 40.8 Å². The molecule has 0 radical (unpaired) electrons. The van der Waals surface area contributed by atoms with Crippen molar-refractivity contribution in [2.45, 2.75) is 51.9 Å². The molecule has 10 nitrogen and oxygen atoms in total. The Morgan fingerprint density at radius 1 is 0.900 bits per heavy atom. The van der Waals surface area contributed by atoms with Crippen molar-refractivity contribution in [1.29, 1.82) is 0 Å². The number of carbonyl (C=O) groups excluding carboxylic acids is 1. The maximum Gasteiger partial charge on any atom is 0.280 e. The van der Waals surface area contributed by atoms with Crippen LogP contribution in [0.1, 0.15) is 62.4 Å². The zero-order valence-corrected chi connectivity index (χ0v) is 19.5. The summed E-state index contributed by atoms with van der Waals surface area (Å²) in [6, 6.07) is 0. The number of hydrogen-bond acceptors (Lipinski definition) is 7. The molecule has 0 aliphatic heterocycles. The quantitative estimate of drug-likeness (QED) is 0.181. The molecule has 0 aliphatic rings. The molecule has 1 amide bonds. The van der Waals surface area contributed by atoms with E-state index in [-0.39, 0.29) is 53.3 Å². The van der Waals surface area contributed by atoms with Crippen LogP contribution in [-0.2, 0) is 0 Å². The van der Waals surface area contributed by atoms with E-state index in [1.807, 2.05) is 0 Å². The second kappa shape index (κ2) is 16.7. The van der Waals surface area contributed by atoms with E-state index in [2.05, 4.69) is 25.3 Å². The van der Waals surface area contributed by atoms with Gasteiger partial charge in [0.2, 0.25) is 0 Å². The first-order valence-electron chi connectivity index (χ1n) is 9.27. The first-order chi connectivity index (χ1) is 13.3. The summed E-state index contributed by atoms with van der Waals surface area (Å²) in [6.45, 7) is 3.14. The third-order valence-corrected chi connectivity index (χ3v) is 4.10. The van der Waals surface area contributed by atoms with Gasteiger partial charge in [0, 0.05) is 13.1 Å². The number of nitrogen functional groups attached to an aromatic ring is 2. The molecule has 1 rings (SSSR count). The predicted octanol–water partition coefficient (Wildman–Crippen LogP) is 2.29. The average molecular weight is 485 g/mol. The molecular formula is C17H32Cl3N9O. The highest BCUT2D eigenvalue weighted by Gasteiger charge is 2.16. The van der Waals surface area contributed by atoms with Crippen molar-refractivity contribution in [3.05, 3.63) is 10.8 Å². The summed E-state index contributed by atoms with van der Waals surface area (Å²) in [7, 11) is 0. The largest absolute Gasteiger partial charge is 0.388 e. The molecule has 0 saturated heterocycles. The molecule has 172 valence electrons. The van der Waals surface area contributed by atoms with E-state index in [0.717, 1.165) is 38.6 Å². The average Bonchev–Trinajstić information content (AvgIpc) is 2.62. The Kier molecular flexibility index (Phi) is 16.8. The minimum atomic E-state index is -0.637. The molecule has 0 aliphatic carbocycles. The lowest BCUT2D eigenvalue weighted by Crippen LogP contribution is -2.38. The first-order valence-corrected chi connectivity index (χ1v) is 9.65. The molecule has 0 unspecified atom stereocenters. The molecule has 0 fully saturated rings. The van der Waals surface area contributed by atoms with Crippen LogP contribution in [0.5, 0.6) is 0 Å². The van der Waals surface area contributed by atoms with Gasteiger partial charge in [-0.05, 0) is 19.8 Å². The summed E-state index contributed by atoms with van der Waals surface area (Å²) < 4.78 is 0. The van der Waals surface area contributed by atoms with Crippen molar-refractivity contribution in [2.24, 2.45) is 21.5 Å². The number of aliphatic imine (C=N–C) groups is 2. The van der Waals surface area contributed by atoms with E-state index in [0.29, 0.717) is 12.4 Å². The van der Waals surface area contributed by atoms with Crippen molar-refractivity contribution in [3.8, 4) is 0 Å². The molecule has 0 saturated carbocycles. The lowest BCUT2D eigenvalue weighted by atomic mass is 10.1. The van der Waals surface area contributed by atoms with E-state index in [4.69, 9.17) is 34.5 Å². The van der Waals surface area contributed by atoms with Crippen LogP contribution >= 0.6 is 36.4 Å². The molecular weight excluding hydrogens is 453 g/mol. The van der Waals surface area contributed by atoms with E-state index in [1.54, 1.807) is 6.92 Å². The van der Waals surface area contributed by atoms with Crippen molar-refractivity contribution < 1.29 is 4.79 Å². The van der Waals surface area contributed by atoms with Crippen molar-refractivity contribution in [1.82, 2.24) is 15.3 Å². The number of nitrogens with two attached hydrogens (primary N) is 4. The number of rotatable bonds is 11. The van der Waals surface area contributed by atoms with Gasteiger partial charge in [-0.2, -0.15) is 0 Å². The van der Waals surface area contributed by atoms with Gasteiger partial charge >= 0.3 is 0 Å². The lowest BCUT2D eigenvalue weighted by Gasteiger charge is -2.07. The smallest absolute Gasteiger partial charge is 0.280 e. The zero-order chi connectivity index (χ0) is 20.9. The van der Waals surface area contributed by atoms with Crippen LogP contribution in [0.4, 0.5) is 11.6 Å². The number of halogens is 3. The first kappa shape index (κ1) is 30.2. The SMILES string of the molecule is CC(N)=NCCCCCCCCCN=C(N)NC(=O)c1nc(Cl)c(N)nc1N.Cl.Cl. The van der Waals surface area contributed by atoms with E-state index in [9.17, 15) is 4.79 Å². The van der Waals surface area contributed by atoms with Crippen LogP contribution < -0.4 is 28.3 Å². The molecule has 0 spiro atoms. The van der Waals surface area contributed by atoms with Crippen LogP contribution in [0.2, 0.25) is 5.15 Å². The van der Waals surface area contributed by atoms with Gasteiger partial charge < -0.3 is 22.9 Å². The number of amidine groups is 1. The Morgan fingerprint density at radius 2 is 1.40 bits per heavy atom. The maximum atomic E-state index is 12.1. The van der Waals surface area contributed by atoms with Crippen molar-refractivity contribution in [3.63, 3.8) is 0 Å². The second-order valence-corrected chi connectivity index (χ2v) is 6.71. The maximum absolute atomic E-state index is 12.1. The normalized spacial score (nSPS) is 11.4. The Balaban J connectivity index is 0. The van der Waals surface area contributed by atoms with Gasteiger partial charge in [0.15, 0.2) is 28.4 Å². The van der Waals surface area contributed by atoms with Gasteiger partial charge in [-0.25, -0.2) is 9.97 Å². The van der Waals surface area contributed by atoms with Gasteiger partial charge in [0.1, 0.15) is 0 Å². The fourth-order valence-corrected chi connectivity index (χ4v) is 2.51. The highest BCUT2D eigenvalue weighted by molar-refractivity contribution is 6.31. The summed E-state index contributed by atoms with van der Waals surface area (Å²) >= 11 is 5.75. The molecule has 1 aromatic heterocycles. The fraction of sp³-hybridized carbons (Fsp3) is 0.588. The number of amides is 1. The Hall–Kier alpha value is -2.04. The summed E-state index contributed by atoms with van der Waals surface area (Å²) in [5.41, 5.74) is 22.1. The second-order valence-electron chi connectivity index (χ2n) is 6.35. The third-order valence-electron chi connectivity index (χ3n) is 3.82. The minimum absolute atomic E-state index is 0. The van der Waals surface area contributed by atoms with Gasteiger partial charge in [0.25, 0.3) is 5.91 Å². The van der Waals surface area contributed by atoms with E-state index in [1.165, 1.54) is 12.8 Å². The summed E-state index contributed by atoms with van der Waals surface area (Å²) in [4.78, 5) is 27.9. The van der Waals surface area contributed by atoms with E-state index < -0.39 is 5.91 Å². The van der Waals surface area contributed by atoms with Crippen LogP contribution in [0.3, 0.4) is 0 Å². The number of carbonyl (C=O) groups is 1. The number of unbranched alkanes of at least 4 members (excludes halogenated alkanes) is 6. The zero-order valence-electron chi connectivity index (χ0n) is 17.1. The van der Waals surface area contributed by atoms with Crippen molar-refractivity contribution in [2.75, 3.05) is 24.6 Å². The molecule has 1 heterocycles. The lowest BCUT2D eigenvalue weighted by molar-refractivity contribution is 0.0972. The molecule has 0 aromatic carbocycles. The highest BCUT2D eigenvalue weighted by atomic mass is 35.5. The third kappa shape index (κ3) is 12.5. The van der Waals surface area contributed by atoms with Gasteiger partial charge in [-0.1, -0.05) is 43.7 Å². The monoisotopic (exact) mass is 483 g/mol. The Bertz CT molecular complexity index is 710. The molecule has 9 N–H and O–H groups in total. The molecule has 1 aromatic rings. The minimum Gasteiger partial charge on any atom is -0.388 e. The van der Waals surface area contributed by atoms with Crippen molar-refractivity contribution >= 4 is 65.8 Å². The number of hydrogen-bond donors (Lipinski definition) is 5. The predicted molar refractivity (Wildman–Crippen MR) is 129 cm³/mol. The fourth-order valence-electron chi connectivity index (χ4n) is 2.39.